The van der Waals surface area contributed by atoms with E-state index in [9.17, 15) is 18.0 Å². The van der Waals surface area contributed by atoms with Gasteiger partial charge in [-0.25, -0.2) is 0 Å². The minimum absolute atomic E-state index is 0.0472. The third-order valence-corrected chi connectivity index (χ3v) is 3.40. The monoisotopic (exact) mass is 311 g/mol. The third-order valence-electron chi connectivity index (χ3n) is 3.40. The Labute approximate surface area is 123 Å². The van der Waals surface area contributed by atoms with Crippen LogP contribution in [0, 0.1) is 0 Å². The van der Waals surface area contributed by atoms with Gasteiger partial charge in [-0.2, -0.15) is 13.2 Å². The maximum atomic E-state index is 12.2. The maximum Gasteiger partial charge on any atom is 0.401 e. The van der Waals surface area contributed by atoms with E-state index in [0.29, 0.717) is 52.0 Å². The van der Waals surface area contributed by atoms with E-state index in [0.717, 1.165) is 0 Å². The Kier molecular flexibility index (Phi) is 7.98. The molecule has 1 aliphatic heterocycles. The van der Waals surface area contributed by atoms with Gasteiger partial charge in [0.05, 0.1) is 13.2 Å². The first-order valence-electron chi connectivity index (χ1n) is 7.19. The molecule has 0 aromatic rings. The molecule has 8 heteroatoms. The van der Waals surface area contributed by atoms with Crippen LogP contribution in [0.3, 0.4) is 0 Å². The van der Waals surface area contributed by atoms with E-state index in [1.54, 1.807) is 7.11 Å². The Morgan fingerprint density at radius 3 is 2.52 bits per heavy atom. The Bertz CT molecular complexity index is 306. The molecule has 0 spiro atoms. The lowest BCUT2D eigenvalue weighted by molar-refractivity contribution is -0.148. The van der Waals surface area contributed by atoms with E-state index in [1.807, 2.05) is 0 Å². The van der Waals surface area contributed by atoms with Crippen LogP contribution in [0.2, 0.25) is 0 Å². The molecule has 1 rings (SSSR count). The zero-order chi connectivity index (χ0) is 15.7. The van der Waals surface area contributed by atoms with Crippen LogP contribution < -0.4 is 10.6 Å². The number of hydrogen-bond acceptors (Lipinski definition) is 4. The average Bonchev–Trinajstić information content (AvgIpc) is 2.39. The summed E-state index contributed by atoms with van der Waals surface area (Å²) in [5, 5.41) is 5.94. The van der Waals surface area contributed by atoms with Gasteiger partial charge in [-0.05, 0) is 25.9 Å². The van der Waals surface area contributed by atoms with Crippen molar-refractivity contribution < 1.29 is 22.7 Å². The average molecular weight is 311 g/mol. The number of halogens is 3. The molecule has 124 valence electrons. The van der Waals surface area contributed by atoms with Gasteiger partial charge >= 0.3 is 6.18 Å². The summed E-state index contributed by atoms with van der Waals surface area (Å²) in [5.41, 5.74) is 0. The van der Waals surface area contributed by atoms with E-state index in [-0.39, 0.29) is 11.9 Å². The summed E-state index contributed by atoms with van der Waals surface area (Å²) in [7, 11) is 1.57. The van der Waals surface area contributed by atoms with Crippen molar-refractivity contribution in [3.05, 3.63) is 0 Å². The normalized spacial score (nSPS) is 17.9. The number of nitrogens with one attached hydrogen (secondary N) is 2. The standard InChI is InChI=1S/C13H24F3N3O2/c1-21-9-6-18-12(20)2-5-17-11-3-7-19(8-4-11)10-13(14,15)16/h11,17H,2-10H2,1H3,(H,18,20). The van der Waals surface area contributed by atoms with E-state index < -0.39 is 12.7 Å². The van der Waals surface area contributed by atoms with Crippen molar-refractivity contribution in [3.8, 4) is 0 Å². The number of methoxy groups -OCH3 is 1. The van der Waals surface area contributed by atoms with Crippen LogP contribution in [0.4, 0.5) is 13.2 Å². The molecule has 2 N–H and O–H groups in total. The lowest BCUT2D eigenvalue weighted by Crippen LogP contribution is -2.46. The molecule has 0 aromatic heterocycles. The van der Waals surface area contributed by atoms with E-state index in [1.165, 1.54) is 4.90 Å². The molecular weight excluding hydrogens is 287 g/mol. The highest BCUT2D eigenvalue weighted by molar-refractivity contribution is 5.76. The molecule has 0 aliphatic carbocycles. The van der Waals surface area contributed by atoms with Gasteiger partial charge in [-0.1, -0.05) is 0 Å². The predicted molar refractivity (Wildman–Crippen MR) is 73.0 cm³/mol. The van der Waals surface area contributed by atoms with Gasteiger partial charge in [-0.3, -0.25) is 9.69 Å². The minimum atomic E-state index is -4.12. The topological polar surface area (TPSA) is 53.6 Å². The van der Waals surface area contributed by atoms with E-state index in [4.69, 9.17) is 4.74 Å². The molecule has 1 heterocycles. The summed E-state index contributed by atoms with van der Waals surface area (Å²) < 4.78 is 41.6. The molecule has 1 amide bonds. The summed E-state index contributed by atoms with van der Waals surface area (Å²) in [5.74, 6) is -0.0472. The summed E-state index contributed by atoms with van der Waals surface area (Å²) in [6.07, 6.45) is -2.39. The number of rotatable bonds is 8. The molecule has 0 bridgehead atoms. The lowest BCUT2D eigenvalue weighted by atomic mass is 10.0. The quantitative estimate of drug-likeness (QED) is 0.650. The van der Waals surface area contributed by atoms with Crippen molar-refractivity contribution in [2.45, 2.75) is 31.5 Å². The van der Waals surface area contributed by atoms with Gasteiger partial charge in [0.15, 0.2) is 0 Å². The van der Waals surface area contributed by atoms with Crippen LogP contribution in [0.25, 0.3) is 0 Å². The van der Waals surface area contributed by atoms with Crippen LogP contribution in [0.15, 0.2) is 0 Å². The Balaban J connectivity index is 2.06. The molecule has 21 heavy (non-hydrogen) atoms. The molecule has 1 saturated heterocycles. The van der Waals surface area contributed by atoms with E-state index >= 15 is 0 Å². The van der Waals surface area contributed by atoms with Gasteiger partial charge in [0.1, 0.15) is 0 Å². The predicted octanol–water partition coefficient (Wildman–Crippen LogP) is 0.755. The third kappa shape index (κ3) is 8.90. The fourth-order valence-electron chi connectivity index (χ4n) is 2.32. The number of hydrogen-bond donors (Lipinski definition) is 2. The second-order valence-electron chi connectivity index (χ2n) is 5.21. The molecule has 1 aliphatic rings. The number of carbonyl (C=O) groups excluding carboxylic acids is 1. The summed E-state index contributed by atoms with van der Waals surface area (Å²) in [6, 6.07) is 0.196. The zero-order valence-electron chi connectivity index (χ0n) is 12.3. The SMILES string of the molecule is COCCNC(=O)CCNC1CCN(CC(F)(F)F)CC1. The number of ether oxygens (including phenoxy) is 1. The summed E-state index contributed by atoms with van der Waals surface area (Å²) in [4.78, 5) is 12.9. The summed E-state index contributed by atoms with van der Waals surface area (Å²) in [6.45, 7) is 1.57. The number of alkyl halides is 3. The number of likely N-dealkylation sites (tertiary alicyclic amines) is 1. The number of piperidine rings is 1. The zero-order valence-corrected chi connectivity index (χ0v) is 12.3. The minimum Gasteiger partial charge on any atom is -0.383 e. The van der Waals surface area contributed by atoms with Gasteiger partial charge in [0.2, 0.25) is 5.91 Å². The van der Waals surface area contributed by atoms with Crippen molar-refractivity contribution >= 4 is 5.91 Å². The molecule has 0 aromatic carbocycles. The van der Waals surface area contributed by atoms with Gasteiger partial charge in [0.25, 0.3) is 0 Å². The van der Waals surface area contributed by atoms with Gasteiger partial charge in [0, 0.05) is 32.7 Å². The molecule has 0 saturated carbocycles. The fourth-order valence-corrected chi connectivity index (χ4v) is 2.32. The van der Waals surface area contributed by atoms with E-state index in [2.05, 4.69) is 10.6 Å². The molecular formula is C13H24F3N3O2. The molecule has 0 radical (unpaired) electrons. The van der Waals surface area contributed by atoms with Crippen LogP contribution in [-0.2, 0) is 9.53 Å². The largest absolute Gasteiger partial charge is 0.401 e. The van der Waals surface area contributed by atoms with Crippen LogP contribution >= 0.6 is 0 Å². The second-order valence-corrected chi connectivity index (χ2v) is 5.21. The van der Waals surface area contributed by atoms with Crippen molar-refractivity contribution in [1.82, 2.24) is 15.5 Å². The van der Waals surface area contributed by atoms with Crippen LogP contribution in [-0.4, -0.2) is 69.5 Å². The number of nitrogens with zero attached hydrogens (tertiary/aromatic N) is 1. The number of carbonyl (C=O) groups is 1. The molecule has 5 nitrogen and oxygen atoms in total. The highest BCUT2D eigenvalue weighted by Gasteiger charge is 2.32. The molecule has 0 atom stereocenters. The highest BCUT2D eigenvalue weighted by atomic mass is 19.4. The van der Waals surface area contributed by atoms with Crippen molar-refractivity contribution in [1.29, 1.82) is 0 Å². The van der Waals surface area contributed by atoms with Crippen LogP contribution in [0.1, 0.15) is 19.3 Å². The van der Waals surface area contributed by atoms with Crippen molar-refractivity contribution in [2.75, 3.05) is 46.4 Å². The Morgan fingerprint density at radius 1 is 1.29 bits per heavy atom. The molecule has 1 fully saturated rings. The first kappa shape index (κ1) is 18.2. The van der Waals surface area contributed by atoms with Crippen molar-refractivity contribution in [3.63, 3.8) is 0 Å². The first-order valence-corrected chi connectivity index (χ1v) is 7.19. The second kappa shape index (κ2) is 9.22. The number of amides is 1. The Morgan fingerprint density at radius 2 is 1.95 bits per heavy atom. The Hall–Kier alpha value is -0.860. The highest BCUT2D eigenvalue weighted by Crippen LogP contribution is 2.19. The lowest BCUT2D eigenvalue weighted by Gasteiger charge is -2.32. The summed E-state index contributed by atoms with van der Waals surface area (Å²) >= 11 is 0. The van der Waals surface area contributed by atoms with Gasteiger partial charge < -0.3 is 15.4 Å². The molecule has 0 unspecified atom stereocenters. The van der Waals surface area contributed by atoms with Gasteiger partial charge in [-0.15, -0.1) is 0 Å². The van der Waals surface area contributed by atoms with Crippen molar-refractivity contribution in [2.24, 2.45) is 0 Å². The maximum absolute atomic E-state index is 12.2. The smallest absolute Gasteiger partial charge is 0.383 e. The fraction of sp³-hybridized carbons (Fsp3) is 0.923. The first-order chi connectivity index (χ1) is 9.90. The van der Waals surface area contributed by atoms with Crippen LogP contribution in [0.5, 0.6) is 0 Å².